The maximum absolute atomic E-state index is 14.0. The van der Waals surface area contributed by atoms with E-state index in [9.17, 15) is 4.39 Å². The third-order valence-electron chi connectivity index (χ3n) is 2.99. The Bertz CT molecular complexity index is 538. The number of rotatable bonds is 4. The molecular weight excluding hydrogens is 269 g/mol. The first kappa shape index (κ1) is 13.5. The Hall–Kier alpha value is -0.900. The van der Waals surface area contributed by atoms with Gasteiger partial charge in [-0.15, -0.1) is 11.3 Å². The molecule has 0 spiro atoms. The summed E-state index contributed by atoms with van der Waals surface area (Å²) in [6.07, 6.45) is 0.951. The molecule has 0 aliphatic heterocycles. The lowest BCUT2D eigenvalue weighted by atomic mass is 10.0. The van der Waals surface area contributed by atoms with E-state index in [1.165, 1.54) is 16.5 Å². The average Bonchev–Trinajstić information content (AvgIpc) is 2.81. The van der Waals surface area contributed by atoms with Gasteiger partial charge < -0.3 is 5.32 Å². The SMILES string of the molecule is CCc1ccsc1C(NC)c1ccc(Cl)cc1F. The van der Waals surface area contributed by atoms with Gasteiger partial charge in [0.1, 0.15) is 5.82 Å². The fourth-order valence-electron chi connectivity index (χ4n) is 2.06. The Labute approximate surface area is 116 Å². The van der Waals surface area contributed by atoms with Crippen molar-refractivity contribution in [1.29, 1.82) is 0 Å². The Morgan fingerprint density at radius 1 is 1.39 bits per heavy atom. The Balaban J connectivity index is 2.45. The maximum Gasteiger partial charge on any atom is 0.129 e. The quantitative estimate of drug-likeness (QED) is 0.876. The van der Waals surface area contributed by atoms with Crippen LogP contribution in [0.4, 0.5) is 4.39 Å². The summed E-state index contributed by atoms with van der Waals surface area (Å²) in [6, 6.07) is 6.82. The molecule has 1 aromatic carbocycles. The van der Waals surface area contributed by atoms with Gasteiger partial charge in [-0.2, -0.15) is 0 Å². The van der Waals surface area contributed by atoms with Crippen LogP contribution in [0.1, 0.15) is 29.0 Å². The molecule has 0 saturated heterocycles. The lowest BCUT2D eigenvalue weighted by molar-refractivity contribution is 0.578. The van der Waals surface area contributed by atoms with Crippen LogP contribution in [0.5, 0.6) is 0 Å². The summed E-state index contributed by atoms with van der Waals surface area (Å²) < 4.78 is 14.0. The fraction of sp³-hybridized carbons (Fsp3) is 0.286. The van der Waals surface area contributed by atoms with Crippen LogP contribution in [-0.4, -0.2) is 7.05 Å². The van der Waals surface area contributed by atoms with Crippen molar-refractivity contribution in [1.82, 2.24) is 5.32 Å². The van der Waals surface area contributed by atoms with Crippen LogP contribution >= 0.6 is 22.9 Å². The van der Waals surface area contributed by atoms with E-state index >= 15 is 0 Å². The number of hydrogen-bond acceptors (Lipinski definition) is 2. The Kier molecular flexibility index (Phi) is 4.38. The van der Waals surface area contributed by atoms with Crippen LogP contribution in [0.3, 0.4) is 0 Å². The first-order valence-corrected chi connectivity index (χ1v) is 7.11. The number of thiophene rings is 1. The zero-order chi connectivity index (χ0) is 13.1. The van der Waals surface area contributed by atoms with Crippen LogP contribution in [0.15, 0.2) is 29.6 Å². The predicted octanol–water partition coefficient (Wildman–Crippen LogP) is 4.41. The fourth-order valence-corrected chi connectivity index (χ4v) is 3.34. The van der Waals surface area contributed by atoms with E-state index in [0.717, 1.165) is 6.42 Å². The minimum Gasteiger partial charge on any atom is -0.309 e. The van der Waals surface area contributed by atoms with E-state index in [-0.39, 0.29) is 11.9 Å². The molecule has 0 radical (unpaired) electrons. The van der Waals surface area contributed by atoms with Crippen molar-refractivity contribution in [2.24, 2.45) is 0 Å². The van der Waals surface area contributed by atoms with Crippen molar-refractivity contribution in [2.75, 3.05) is 7.05 Å². The summed E-state index contributed by atoms with van der Waals surface area (Å²) in [4.78, 5) is 1.17. The zero-order valence-electron chi connectivity index (χ0n) is 10.3. The number of nitrogens with one attached hydrogen (secondary N) is 1. The topological polar surface area (TPSA) is 12.0 Å². The second-order valence-corrected chi connectivity index (χ2v) is 5.44. The molecule has 0 aliphatic rings. The Morgan fingerprint density at radius 3 is 2.78 bits per heavy atom. The van der Waals surface area contributed by atoms with E-state index in [0.29, 0.717) is 10.6 Å². The monoisotopic (exact) mass is 283 g/mol. The van der Waals surface area contributed by atoms with Crippen LogP contribution in [-0.2, 0) is 6.42 Å². The highest BCUT2D eigenvalue weighted by Crippen LogP contribution is 2.32. The number of hydrogen-bond donors (Lipinski definition) is 1. The molecule has 1 atom stereocenters. The standard InChI is InChI=1S/C14H15ClFNS/c1-3-9-6-7-18-14(9)13(17-2)11-5-4-10(15)8-12(11)16/h4-8,13,17H,3H2,1-2H3. The Morgan fingerprint density at radius 2 is 2.17 bits per heavy atom. The average molecular weight is 284 g/mol. The zero-order valence-corrected chi connectivity index (χ0v) is 11.9. The third-order valence-corrected chi connectivity index (χ3v) is 4.25. The van der Waals surface area contributed by atoms with Crippen LogP contribution in [0.2, 0.25) is 5.02 Å². The first-order chi connectivity index (χ1) is 8.67. The van der Waals surface area contributed by atoms with Crippen molar-refractivity contribution >= 4 is 22.9 Å². The summed E-state index contributed by atoms with van der Waals surface area (Å²) in [5.41, 5.74) is 1.90. The molecule has 1 nitrogen and oxygen atoms in total. The van der Waals surface area contributed by atoms with Crippen molar-refractivity contribution in [3.05, 3.63) is 56.5 Å². The van der Waals surface area contributed by atoms with E-state index < -0.39 is 0 Å². The second kappa shape index (κ2) is 5.83. The molecule has 1 unspecified atom stereocenters. The molecule has 2 rings (SSSR count). The minimum absolute atomic E-state index is 0.114. The molecule has 0 bridgehead atoms. The molecule has 1 heterocycles. The van der Waals surface area contributed by atoms with Gasteiger partial charge in [-0.05, 0) is 42.6 Å². The predicted molar refractivity (Wildman–Crippen MR) is 76.0 cm³/mol. The lowest BCUT2D eigenvalue weighted by Gasteiger charge is -2.18. The molecule has 1 aromatic heterocycles. The molecule has 18 heavy (non-hydrogen) atoms. The molecule has 0 saturated carbocycles. The van der Waals surface area contributed by atoms with Crippen molar-refractivity contribution in [2.45, 2.75) is 19.4 Å². The van der Waals surface area contributed by atoms with Gasteiger partial charge in [0.05, 0.1) is 6.04 Å². The third kappa shape index (κ3) is 2.58. The molecule has 1 N–H and O–H groups in total. The highest BCUT2D eigenvalue weighted by Gasteiger charge is 2.19. The molecular formula is C14H15ClFNS. The molecule has 0 aliphatic carbocycles. The summed E-state index contributed by atoms with van der Waals surface area (Å²) in [5.74, 6) is -0.266. The van der Waals surface area contributed by atoms with E-state index in [2.05, 4.69) is 18.3 Å². The van der Waals surface area contributed by atoms with Crippen molar-refractivity contribution < 1.29 is 4.39 Å². The smallest absolute Gasteiger partial charge is 0.129 e. The molecule has 4 heteroatoms. The van der Waals surface area contributed by atoms with Gasteiger partial charge in [0, 0.05) is 15.5 Å². The summed E-state index contributed by atoms with van der Waals surface area (Å²) in [5, 5.41) is 5.66. The van der Waals surface area contributed by atoms with Gasteiger partial charge in [0.2, 0.25) is 0 Å². The normalized spacial score (nSPS) is 12.7. The van der Waals surface area contributed by atoms with Gasteiger partial charge >= 0.3 is 0 Å². The molecule has 0 amide bonds. The van der Waals surface area contributed by atoms with Gasteiger partial charge in [-0.25, -0.2) is 4.39 Å². The highest BCUT2D eigenvalue weighted by molar-refractivity contribution is 7.10. The number of halogens is 2. The van der Waals surface area contributed by atoms with Gasteiger partial charge in [0.15, 0.2) is 0 Å². The van der Waals surface area contributed by atoms with Crippen LogP contribution in [0, 0.1) is 5.82 Å². The molecule has 0 fully saturated rings. The van der Waals surface area contributed by atoms with E-state index in [1.807, 2.05) is 12.4 Å². The summed E-state index contributed by atoms with van der Waals surface area (Å²) in [6.45, 7) is 2.11. The largest absolute Gasteiger partial charge is 0.309 e. The first-order valence-electron chi connectivity index (χ1n) is 5.85. The minimum atomic E-state index is -0.266. The molecule has 2 aromatic rings. The molecule has 96 valence electrons. The lowest BCUT2D eigenvalue weighted by Crippen LogP contribution is -2.19. The van der Waals surface area contributed by atoms with Crippen molar-refractivity contribution in [3.63, 3.8) is 0 Å². The number of aryl methyl sites for hydroxylation is 1. The van der Waals surface area contributed by atoms with Gasteiger partial charge in [-0.3, -0.25) is 0 Å². The summed E-state index contributed by atoms with van der Waals surface area (Å²) in [7, 11) is 1.85. The maximum atomic E-state index is 14.0. The van der Waals surface area contributed by atoms with Gasteiger partial charge in [0.25, 0.3) is 0 Å². The van der Waals surface area contributed by atoms with Crippen LogP contribution in [0.25, 0.3) is 0 Å². The number of benzene rings is 1. The summed E-state index contributed by atoms with van der Waals surface area (Å²) >= 11 is 7.44. The highest BCUT2D eigenvalue weighted by atomic mass is 35.5. The van der Waals surface area contributed by atoms with Crippen LogP contribution < -0.4 is 5.32 Å². The van der Waals surface area contributed by atoms with E-state index in [4.69, 9.17) is 11.6 Å². The second-order valence-electron chi connectivity index (χ2n) is 4.05. The van der Waals surface area contributed by atoms with Gasteiger partial charge in [-0.1, -0.05) is 24.6 Å². The van der Waals surface area contributed by atoms with Crippen molar-refractivity contribution in [3.8, 4) is 0 Å². The van der Waals surface area contributed by atoms with E-state index in [1.54, 1.807) is 23.5 Å².